The Bertz CT molecular complexity index is 931. The smallest absolute Gasteiger partial charge is 0.0715 e. The summed E-state index contributed by atoms with van der Waals surface area (Å²) in [6.07, 6.45) is 0. The summed E-state index contributed by atoms with van der Waals surface area (Å²) in [7, 11) is 4.12. The number of fused-ring (bicyclic) bond motifs is 2. The van der Waals surface area contributed by atoms with Gasteiger partial charge in [0, 0.05) is 36.1 Å². The van der Waals surface area contributed by atoms with Crippen molar-refractivity contribution in [2.24, 2.45) is 0 Å². The molecular weight excluding hydrogens is 280 g/mol. The van der Waals surface area contributed by atoms with E-state index in [2.05, 4.69) is 79.7 Å². The van der Waals surface area contributed by atoms with Crippen LogP contribution in [-0.4, -0.2) is 19.1 Å². The molecule has 0 aliphatic heterocycles. The lowest BCUT2D eigenvalue weighted by atomic mass is 9.96. The largest absolute Gasteiger partial charge is 0.378 e. The van der Waals surface area contributed by atoms with Crippen molar-refractivity contribution in [3.8, 4) is 11.1 Å². The molecule has 0 aliphatic carbocycles. The zero-order valence-corrected chi connectivity index (χ0v) is 13.3. The van der Waals surface area contributed by atoms with Crippen LogP contribution in [0.1, 0.15) is 0 Å². The monoisotopic (exact) mass is 298 g/mol. The van der Waals surface area contributed by atoms with Gasteiger partial charge >= 0.3 is 0 Å². The summed E-state index contributed by atoms with van der Waals surface area (Å²) in [4.78, 5) is 6.92. The van der Waals surface area contributed by atoms with E-state index < -0.39 is 0 Å². The Labute approximate surface area is 136 Å². The summed E-state index contributed by atoms with van der Waals surface area (Å²) in [5, 5.41) is 2.40. The standard InChI is InChI=1S/C21H18N2/c1-23(2)16-13-11-15(12-14-16)21-17-7-3-5-9-19(17)22-20-10-6-4-8-18(20)21/h3-14H,1-2H3. The van der Waals surface area contributed by atoms with Crippen molar-refractivity contribution in [1.82, 2.24) is 4.98 Å². The Balaban J connectivity index is 2.06. The molecule has 4 aromatic rings. The molecule has 0 aliphatic rings. The summed E-state index contributed by atoms with van der Waals surface area (Å²) in [6.45, 7) is 0. The van der Waals surface area contributed by atoms with Crippen LogP contribution in [0.15, 0.2) is 72.8 Å². The number of hydrogen-bond donors (Lipinski definition) is 0. The average molecular weight is 298 g/mol. The van der Waals surface area contributed by atoms with Crippen molar-refractivity contribution in [3.63, 3.8) is 0 Å². The Morgan fingerprint density at radius 3 is 1.70 bits per heavy atom. The van der Waals surface area contributed by atoms with Crippen molar-refractivity contribution in [2.45, 2.75) is 0 Å². The number of pyridine rings is 1. The molecule has 0 saturated carbocycles. The van der Waals surface area contributed by atoms with Crippen molar-refractivity contribution < 1.29 is 0 Å². The molecule has 4 rings (SSSR count). The highest BCUT2D eigenvalue weighted by atomic mass is 15.1. The van der Waals surface area contributed by atoms with Gasteiger partial charge in [0.2, 0.25) is 0 Å². The number of hydrogen-bond acceptors (Lipinski definition) is 2. The second-order valence-electron chi connectivity index (χ2n) is 5.96. The minimum Gasteiger partial charge on any atom is -0.378 e. The van der Waals surface area contributed by atoms with Crippen LogP contribution in [0.2, 0.25) is 0 Å². The van der Waals surface area contributed by atoms with Gasteiger partial charge in [0.05, 0.1) is 11.0 Å². The summed E-state index contributed by atoms with van der Waals surface area (Å²) < 4.78 is 0. The van der Waals surface area contributed by atoms with Gasteiger partial charge in [0.1, 0.15) is 0 Å². The first-order valence-corrected chi connectivity index (χ1v) is 7.79. The van der Waals surface area contributed by atoms with E-state index in [1.807, 2.05) is 12.1 Å². The second-order valence-corrected chi connectivity index (χ2v) is 5.96. The number of benzene rings is 3. The molecule has 0 amide bonds. The molecule has 3 aromatic carbocycles. The van der Waals surface area contributed by atoms with E-state index in [0.29, 0.717) is 0 Å². The molecule has 1 aromatic heterocycles. The zero-order valence-electron chi connectivity index (χ0n) is 13.3. The first kappa shape index (κ1) is 13.8. The molecule has 1 heterocycles. The van der Waals surface area contributed by atoms with Crippen LogP contribution < -0.4 is 4.90 Å². The molecule has 0 spiro atoms. The molecule has 0 N–H and O–H groups in total. The Morgan fingerprint density at radius 2 is 1.17 bits per heavy atom. The van der Waals surface area contributed by atoms with Crippen molar-refractivity contribution in [1.29, 1.82) is 0 Å². The van der Waals surface area contributed by atoms with Gasteiger partial charge in [0.25, 0.3) is 0 Å². The third-order valence-electron chi connectivity index (χ3n) is 4.26. The molecule has 0 atom stereocenters. The number of aromatic nitrogens is 1. The van der Waals surface area contributed by atoms with Crippen LogP contribution in [0, 0.1) is 0 Å². The van der Waals surface area contributed by atoms with Crippen LogP contribution in [0.4, 0.5) is 5.69 Å². The van der Waals surface area contributed by atoms with E-state index in [1.165, 1.54) is 27.6 Å². The maximum absolute atomic E-state index is 4.80. The Kier molecular flexibility index (Phi) is 3.23. The van der Waals surface area contributed by atoms with Crippen LogP contribution in [0.3, 0.4) is 0 Å². The van der Waals surface area contributed by atoms with Crippen LogP contribution in [0.25, 0.3) is 32.9 Å². The topological polar surface area (TPSA) is 16.1 Å². The second kappa shape index (κ2) is 5.40. The predicted octanol–water partition coefficient (Wildman–Crippen LogP) is 5.12. The predicted molar refractivity (Wildman–Crippen MR) is 99.0 cm³/mol. The van der Waals surface area contributed by atoms with Crippen LogP contribution in [-0.2, 0) is 0 Å². The molecule has 112 valence electrons. The van der Waals surface area contributed by atoms with Crippen LogP contribution >= 0.6 is 0 Å². The average Bonchev–Trinajstić information content (AvgIpc) is 2.59. The van der Waals surface area contributed by atoms with E-state index in [4.69, 9.17) is 4.98 Å². The summed E-state index contributed by atoms with van der Waals surface area (Å²) in [6, 6.07) is 25.5. The molecule has 0 radical (unpaired) electrons. The normalized spacial score (nSPS) is 11.0. The highest BCUT2D eigenvalue weighted by molar-refractivity contribution is 6.09. The third-order valence-corrected chi connectivity index (χ3v) is 4.26. The first-order valence-electron chi connectivity index (χ1n) is 7.79. The van der Waals surface area contributed by atoms with Gasteiger partial charge in [-0.05, 0) is 29.8 Å². The van der Waals surface area contributed by atoms with Gasteiger partial charge in [-0.25, -0.2) is 4.98 Å². The first-order chi connectivity index (χ1) is 11.2. The summed E-state index contributed by atoms with van der Waals surface area (Å²) in [5.74, 6) is 0. The fraction of sp³-hybridized carbons (Fsp3) is 0.0952. The Hall–Kier alpha value is -2.87. The number of nitrogens with zero attached hydrogens (tertiary/aromatic N) is 2. The highest BCUT2D eigenvalue weighted by Gasteiger charge is 2.10. The van der Waals surface area contributed by atoms with E-state index in [-0.39, 0.29) is 0 Å². The van der Waals surface area contributed by atoms with Crippen molar-refractivity contribution >= 4 is 27.5 Å². The van der Waals surface area contributed by atoms with E-state index in [9.17, 15) is 0 Å². The Morgan fingerprint density at radius 1 is 0.652 bits per heavy atom. The maximum atomic E-state index is 4.80. The van der Waals surface area contributed by atoms with Crippen molar-refractivity contribution in [2.75, 3.05) is 19.0 Å². The van der Waals surface area contributed by atoms with Gasteiger partial charge in [-0.15, -0.1) is 0 Å². The van der Waals surface area contributed by atoms with Gasteiger partial charge in [-0.3, -0.25) is 0 Å². The molecule has 0 unspecified atom stereocenters. The van der Waals surface area contributed by atoms with Gasteiger partial charge < -0.3 is 4.90 Å². The fourth-order valence-electron chi connectivity index (χ4n) is 3.08. The minimum atomic E-state index is 1.04. The number of rotatable bonds is 2. The quantitative estimate of drug-likeness (QED) is 0.477. The lowest BCUT2D eigenvalue weighted by Gasteiger charge is -2.15. The van der Waals surface area contributed by atoms with Crippen molar-refractivity contribution in [3.05, 3.63) is 72.8 Å². The van der Waals surface area contributed by atoms with E-state index in [1.54, 1.807) is 0 Å². The molecule has 0 saturated heterocycles. The SMILES string of the molecule is CN(C)c1ccc(-c2c3ccccc3nc3ccccc23)cc1. The fourth-order valence-corrected chi connectivity index (χ4v) is 3.08. The lowest BCUT2D eigenvalue weighted by molar-refractivity contribution is 1.13. The lowest BCUT2D eigenvalue weighted by Crippen LogP contribution is -2.07. The third kappa shape index (κ3) is 2.33. The minimum absolute atomic E-state index is 1.04. The molecule has 23 heavy (non-hydrogen) atoms. The highest BCUT2D eigenvalue weighted by Crippen LogP contribution is 2.35. The summed E-state index contributed by atoms with van der Waals surface area (Å²) in [5.41, 5.74) is 5.77. The maximum Gasteiger partial charge on any atom is 0.0715 e. The number of anilines is 1. The van der Waals surface area contributed by atoms with Crippen LogP contribution in [0.5, 0.6) is 0 Å². The van der Waals surface area contributed by atoms with Gasteiger partial charge in [0.15, 0.2) is 0 Å². The zero-order chi connectivity index (χ0) is 15.8. The molecule has 2 heteroatoms. The number of para-hydroxylation sites is 2. The summed E-state index contributed by atoms with van der Waals surface area (Å²) >= 11 is 0. The van der Waals surface area contributed by atoms with E-state index >= 15 is 0 Å². The van der Waals surface area contributed by atoms with E-state index in [0.717, 1.165) is 11.0 Å². The van der Waals surface area contributed by atoms with Gasteiger partial charge in [-0.1, -0.05) is 48.5 Å². The van der Waals surface area contributed by atoms with Gasteiger partial charge in [-0.2, -0.15) is 0 Å². The molecule has 0 bridgehead atoms. The molecule has 0 fully saturated rings. The molecular formula is C21H18N2. The molecule has 2 nitrogen and oxygen atoms in total.